The van der Waals surface area contributed by atoms with Crippen LogP contribution in [0.25, 0.3) is 0 Å². The molecule has 0 aromatic carbocycles. The van der Waals surface area contributed by atoms with E-state index in [2.05, 4.69) is 0 Å². The van der Waals surface area contributed by atoms with E-state index in [0.717, 1.165) is 0 Å². The molecule has 8 N–H and O–H groups in total. The van der Waals surface area contributed by atoms with Crippen LogP contribution in [-0.2, 0) is 0 Å². The maximum absolute atomic E-state index is 8.56. The van der Waals surface area contributed by atoms with E-state index in [-0.39, 0.29) is 19.7 Å². The minimum atomic E-state index is -1.83. The number of carboxylic acid groups (broad SMARTS) is 2. The van der Waals surface area contributed by atoms with Crippen molar-refractivity contribution in [1.82, 2.24) is 12.3 Å². The Labute approximate surface area is 42.1 Å². The third-order valence-corrected chi connectivity index (χ3v) is 0. The summed E-state index contributed by atoms with van der Waals surface area (Å²) in [7, 11) is 0. The summed E-state index contributed by atoms with van der Waals surface area (Å²) in [4.78, 5) is 8.56. The van der Waals surface area contributed by atoms with Gasteiger partial charge in [-0.05, 0) is 0 Å². The SMILES string of the molecule is C.N.N.O=C(O)O. The lowest BCUT2D eigenvalue weighted by Gasteiger charge is -1.60. The second-order valence-corrected chi connectivity index (χ2v) is 0.283. The molecule has 0 spiro atoms. The first-order valence-corrected chi connectivity index (χ1v) is 0.651. The predicted molar refractivity (Wildman–Crippen MR) is 27.4 cm³/mol. The molecule has 0 saturated heterocycles. The summed E-state index contributed by atoms with van der Waals surface area (Å²) in [6, 6.07) is 0. The Hall–Kier alpha value is -0.810. The molecular weight excluding hydrogens is 100 g/mol. The Morgan fingerprint density at radius 1 is 1.14 bits per heavy atom. The minimum absolute atomic E-state index is 0. The van der Waals surface area contributed by atoms with Gasteiger partial charge in [-0.1, -0.05) is 7.43 Å². The summed E-state index contributed by atoms with van der Waals surface area (Å²) in [6.07, 6.45) is -1.83. The van der Waals surface area contributed by atoms with Gasteiger partial charge in [-0.2, -0.15) is 0 Å². The van der Waals surface area contributed by atoms with Gasteiger partial charge in [0.25, 0.3) is 0 Å². The Balaban J connectivity index is -0.0000000150. The standard InChI is InChI=1S/CH2O3.CH4.2H3N/c2-1(3)4;;;/h(H2,2,3,4);1H4;2*1H3. The molecule has 0 bridgehead atoms. The molecule has 0 heterocycles. The van der Waals surface area contributed by atoms with E-state index >= 15 is 0 Å². The Kier molecular flexibility index (Phi) is 94.4. The van der Waals surface area contributed by atoms with Gasteiger partial charge in [0.1, 0.15) is 0 Å². The van der Waals surface area contributed by atoms with Crippen molar-refractivity contribution in [3.05, 3.63) is 0 Å². The smallest absolute Gasteiger partial charge is 0.450 e. The zero-order chi connectivity index (χ0) is 3.58. The lowest BCUT2D eigenvalue weighted by Crippen LogP contribution is -1.81. The molecule has 0 aliphatic rings. The number of rotatable bonds is 0. The predicted octanol–water partition coefficient (Wildman–Crippen LogP) is 1.18. The fourth-order valence-corrected chi connectivity index (χ4v) is 0. The molecular formula is C2H12N2O3. The quantitative estimate of drug-likeness (QED) is 0.374. The van der Waals surface area contributed by atoms with Crippen molar-refractivity contribution < 1.29 is 15.0 Å². The fraction of sp³-hybridized carbons (Fsp3) is 0.500. The molecule has 0 aliphatic heterocycles. The van der Waals surface area contributed by atoms with Crippen LogP contribution in [0.4, 0.5) is 4.79 Å². The topological polar surface area (TPSA) is 128 Å². The third kappa shape index (κ3) is 80.5. The van der Waals surface area contributed by atoms with Gasteiger partial charge in [-0.15, -0.1) is 0 Å². The van der Waals surface area contributed by atoms with Gasteiger partial charge in [0.15, 0.2) is 0 Å². The summed E-state index contributed by atoms with van der Waals surface area (Å²) in [5.74, 6) is 0. The van der Waals surface area contributed by atoms with Gasteiger partial charge in [0.05, 0.1) is 0 Å². The first-order valence-electron chi connectivity index (χ1n) is 0.651. The van der Waals surface area contributed by atoms with E-state index in [0.29, 0.717) is 0 Å². The number of hydrogen-bond acceptors (Lipinski definition) is 3. The van der Waals surface area contributed by atoms with Gasteiger partial charge in [0.2, 0.25) is 0 Å². The summed E-state index contributed by atoms with van der Waals surface area (Å²) in [5, 5.41) is 13.9. The van der Waals surface area contributed by atoms with Crippen LogP contribution in [-0.4, -0.2) is 16.4 Å². The second-order valence-electron chi connectivity index (χ2n) is 0.283. The summed E-state index contributed by atoms with van der Waals surface area (Å²) in [6.45, 7) is 0. The summed E-state index contributed by atoms with van der Waals surface area (Å²) in [5.41, 5.74) is 0. The van der Waals surface area contributed by atoms with Crippen molar-refractivity contribution in [1.29, 1.82) is 0 Å². The van der Waals surface area contributed by atoms with E-state index < -0.39 is 6.16 Å². The molecule has 0 amide bonds. The van der Waals surface area contributed by atoms with Crippen LogP contribution in [0.15, 0.2) is 0 Å². The molecule has 5 heteroatoms. The lowest BCUT2D eigenvalue weighted by atomic mass is 11.5. The van der Waals surface area contributed by atoms with Gasteiger partial charge < -0.3 is 22.5 Å². The number of hydrogen-bond donors (Lipinski definition) is 4. The summed E-state index contributed by atoms with van der Waals surface area (Å²) >= 11 is 0. The van der Waals surface area contributed by atoms with Crippen LogP contribution in [0.1, 0.15) is 7.43 Å². The Bertz CT molecular complexity index is 33.9. The molecule has 0 rings (SSSR count). The van der Waals surface area contributed by atoms with Crippen LogP contribution in [0.5, 0.6) is 0 Å². The third-order valence-electron chi connectivity index (χ3n) is 0. The van der Waals surface area contributed by atoms with Crippen LogP contribution in [0.3, 0.4) is 0 Å². The monoisotopic (exact) mass is 112 g/mol. The van der Waals surface area contributed by atoms with Gasteiger partial charge in [-0.3, -0.25) is 0 Å². The first-order chi connectivity index (χ1) is 1.73. The molecule has 0 saturated carbocycles. The largest absolute Gasteiger partial charge is 0.503 e. The van der Waals surface area contributed by atoms with Crippen molar-refractivity contribution in [2.45, 2.75) is 7.43 Å². The van der Waals surface area contributed by atoms with Crippen molar-refractivity contribution in [2.24, 2.45) is 0 Å². The van der Waals surface area contributed by atoms with Crippen LogP contribution in [0, 0.1) is 0 Å². The lowest BCUT2D eigenvalue weighted by molar-refractivity contribution is 0.137. The Morgan fingerprint density at radius 2 is 1.14 bits per heavy atom. The zero-order valence-corrected chi connectivity index (χ0v) is 3.22. The van der Waals surface area contributed by atoms with E-state index in [9.17, 15) is 0 Å². The molecule has 7 heavy (non-hydrogen) atoms. The van der Waals surface area contributed by atoms with Crippen molar-refractivity contribution in [2.75, 3.05) is 0 Å². The highest BCUT2D eigenvalue weighted by atomic mass is 16.6. The molecule has 0 fully saturated rings. The minimum Gasteiger partial charge on any atom is -0.450 e. The van der Waals surface area contributed by atoms with Crippen molar-refractivity contribution >= 4 is 6.16 Å². The highest BCUT2D eigenvalue weighted by molar-refractivity contribution is 5.53. The van der Waals surface area contributed by atoms with Crippen LogP contribution >= 0.6 is 0 Å². The average molecular weight is 112 g/mol. The van der Waals surface area contributed by atoms with Gasteiger partial charge in [0, 0.05) is 0 Å². The molecule has 0 atom stereocenters. The van der Waals surface area contributed by atoms with Crippen LogP contribution < -0.4 is 12.3 Å². The average Bonchev–Trinajstić information content (AvgIpc) is 0.811. The molecule has 0 unspecified atom stereocenters. The van der Waals surface area contributed by atoms with E-state index in [1.807, 2.05) is 0 Å². The zero-order valence-electron chi connectivity index (χ0n) is 3.22. The van der Waals surface area contributed by atoms with E-state index in [1.54, 1.807) is 0 Å². The molecule has 0 aromatic rings. The molecule has 0 radical (unpaired) electrons. The summed E-state index contributed by atoms with van der Waals surface area (Å²) < 4.78 is 0. The number of carbonyl (C=O) groups is 1. The van der Waals surface area contributed by atoms with Gasteiger partial charge >= 0.3 is 6.16 Å². The van der Waals surface area contributed by atoms with Crippen molar-refractivity contribution in [3.8, 4) is 0 Å². The molecule has 48 valence electrons. The second kappa shape index (κ2) is 19.0. The maximum Gasteiger partial charge on any atom is 0.503 e. The highest BCUT2D eigenvalue weighted by Gasteiger charge is 1.70. The van der Waals surface area contributed by atoms with Gasteiger partial charge in [-0.25, -0.2) is 4.79 Å². The maximum atomic E-state index is 8.56. The van der Waals surface area contributed by atoms with Crippen LogP contribution in [0.2, 0.25) is 0 Å². The molecule has 0 aliphatic carbocycles. The molecule has 5 nitrogen and oxygen atoms in total. The Morgan fingerprint density at radius 3 is 1.14 bits per heavy atom. The van der Waals surface area contributed by atoms with Crippen molar-refractivity contribution in [3.63, 3.8) is 0 Å². The van der Waals surface area contributed by atoms with E-state index in [1.165, 1.54) is 0 Å². The normalized spacial score (nSPS) is 3.43. The molecule has 0 aromatic heterocycles. The highest BCUT2D eigenvalue weighted by Crippen LogP contribution is 1.42. The fourth-order valence-electron chi connectivity index (χ4n) is 0. The van der Waals surface area contributed by atoms with E-state index in [4.69, 9.17) is 15.0 Å². The first kappa shape index (κ1) is 34.8.